The summed E-state index contributed by atoms with van der Waals surface area (Å²) in [5.74, 6) is 5.86. The van der Waals surface area contributed by atoms with Crippen LogP contribution in [0.1, 0.15) is 32.0 Å². The fourth-order valence-electron chi connectivity index (χ4n) is 2.98. The number of rotatable bonds is 5. The van der Waals surface area contributed by atoms with Crippen LogP contribution in [0.25, 0.3) is 0 Å². The summed E-state index contributed by atoms with van der Waals surface area (Å²) in [5, 5.41) is 4.87. The Morgan fingerprint density at radius 3 is 2.65 bits per heavy atom. The highest BCUT2D eigenvalue weighted by molar-refractivity contribution is 6.31. The SMILES string of the molecule is CCC(C)(C(NN)c1c(Cl)cnn1C)N1CCOCC1. The number of hydrazine groups is 1. The van der Waals surface area contributed by atoms with Gasteiger partial charge in [0, 0.05) is 25.7 Å². The topological polar surface area (TPSA) is 68.3 Å². The van der Waals surface area contributed by atoms with E-state index in [1.165, 1.54) is 0 Å². The van der Waals surface area contributed by atoms with E-state index < -0.39 is 0 Å². The molecule has 7 heteroatoms. The minimum absolute atomic E-state index is 0.0920. The molecule has 2 unspecified atom stereocenters. The molecular formula is C13H24ClN5O. The molecule has 114 valence electrons. The molecule has 20 heavy (non-hydrogen) atoms. The zero-order chi connectivity index (χ0) is 14.8. The third-order valence-electron chi connectivity index (χ3n) is 4.45. The lowest BCUT2D eigenvalue weighted by molar-refractivity contribution is -0.0339. The van der Waals surface area contributed by atoms with Gasteiger partial charge in [-0.15, -0.1) is 0 Å². The number of aromatic nitrogens is 2. The van der Waals surface area contributed by atoms with Gasteiger partial charge < -0.3 is 4.74 Å². The van der Waals surface area contributed by atoms with Crippen molar-refractivity contribution in [3.8, 4) is 0 Å². The lowest BCUT2D eigenvalue weighted by atomic mass is 9.85. The number of hydrogen-bond acceptors (Lipinski definition) is 5. The lowest BCUT2D eigenvalue weighted by Gasteiger charge is -2.47. The first-order valence-corrected chi connectivity index (χ1v) is 7.38. The number of morpholine rings is 1. The van der Waals surface area contributed by atoms with E-state index in [0.717, 1.165) is 38.4 Å². The zero-order valence-corrected chi connectivity index (χ0v) is 13.2. The van der Waals surface area contributed by atoms with Gasteiger partial charge in [0.1, 0.15) is 0 Å². The van der Waals surface area contributed by atoms with Crippen LogP contribution in [0.15, 0.2) is 6.20 Å². The summed E-state index contributed by atoms with van der Waals surface area (Å²) in [4.78, 5) is 2.42. The molecule has 3 N–H and O–H groups in total. The molecular weight excluding hydrogens is 278 g/mol. The van der Waals surface area contributed by atoms with Crippen molar-refractivity contribution >= 4 is 11.6 Å². The fraction of sp³-hybridized carbons (Fsp3) is 0.769. The van der Waals surface area contributed by atoms with E-state index in [4.69, 9.17) is 22.2 Å². The van der Waals surface area contributed by atoms with Crippen LogP contribution in [0.3, 0.4) is 0 Å². The van der Waals surface area contributed by atoms with E-state index in [0.29, 0.717) is 5.02 Å². The van der Waals surface area contributed by atoms with Crippen LogP contribution in [0.4, 0.5) is 0 Å². The molecule has 6 nitrogen and oxygen atoms in total. The number of nitrogens with one attached hydrogen (secondary N) is 1. The standard InChI is InChI=1S/C13H24ClN5O/c1-4-13(2,19-5-7-20-8-6-19)12(17-15)11-10(14)9-16-18(11)3/h9,12,17H,4-8,15H2,1-3H3. The average molecular weight is 302 g/mol. The summed E-state index contributed by atoms with van der Waals surface area (Å²) in [6, 6.07) is -0.0920. The Bertz CT molecular complexity index is 426. The minimum Gasteiger partial charge on any atom is -0.379 e. The van der Waals surface area contributed by atoms with Crippen LogP contribution in [0.5, 0.6) is 0 Å². The minimum atomic E-state index is -0.143. The molecule has 0 spiro atoms. The van der Waals surface area contributed by atoms with Gasteiger partial charge in [-0.1, -0.05) is 18.5 Å². The predicted octanol–water partition coefficient (Wildman–Crippen LogP) is 1.08. The molecule has 1 fully saturated rings. The molecule has 2 heterocycles. The summed E-state index contributed by atoms with van der Waals surface area (Å²) in [7, 11) is 1.89. The molecule has 2 rings (SSSR count). The van der Waals surface area contributed by atoms with Gasteiger partial charge in [0.05, 0.1) is 36.2 Å². The Labute approximate surface area is 125 Å². The Hall–Kier alpha value is -0.660. The van der Waals surface area contributed by atoms with Gasteiger partial charge in [-0.3, -0.25) is 15.4 Å². The summed E-state index contributed by atoms with van der Waals surface area (Å²) < 4.78 is 7.25. The molecule has 1 aromatic rings. The normalized spacial score (nSPS) is 21.6. The molecule has 1 aliphatic rings. The molecule has 0 bridgehead atoms. The molecule has 1 aliphatic heterocycles. The number of nitrogens with zero attached hydrogens (tertiary/aromatic N) is 3. The highest BCUT2D eigenvalue weighted by Crippen LogP contribution is 2.36. The van der Waals surface area contributed by atoms with Gasteiger partial charge in [-0.25, -0.2) is 5.43 Å². The Morgan fingerprint density at radius 2 is 2.20 bits per heavy atom. The van der Waals surface area contributed by atoms with E-state index >= 15 is 0 Å². The second kappa shape index (κ2) is 6.41. The largest absolute Gasteiger partial charge is 0.379 e. The van der Waals surface area contributed by atoms with E-state index in [1.807, 2.05) is 7.05 Å². The van der Waals surface area contributed by atoms with Gasteiger partial charge in [-0.05, 0) is 13.3 Å². The van der Waals surface area contributed by atoms with Crippen molar-refractivity contribution in [2.45, 2.75) is 31.8 Å². The van der Waals surface area contributed by atoms with Gasteiger partial charge in [-0.2, -0.15) is 5.10 Å². The van der Waals surface area contributed by atoms with E-state index in [2.05, 4.69) is 29.3 Å². The van der Waals surface area contributed by atoms with E-state index in [-0.39, 0.29) is 11.6 Å². The Balaban J connectivity index is 2.36. The van der Waals surface area contributed by atoms with Crippen molar-refractivity contribution < 1.29 is 4.74 Å². The van der Waals surface area contributed by atoms with Gasteiger partial charge >= 0.3 is 0 Å². The zero-order valence-electron chi connectivity index (χ0n) is 12.4. The van der Waals surface area contributed by atoms with Crippen molar-refractivity contribution in [2.24, 2.45) is 12.9 Å². The molecule has 2 atom stereocenters. The average Bonchev–Trinajstić information content (AvgIpc) is 2.81. The maximum Gasteiger partial charge on any atom is 0.0835 e. The number of halogens is 1. The van der Waals surface area contributed by atoms with Crippen LogP contribution < -0.4 is 11.3 Å². The van der Waals surface area contributed by atoms with Crippen molar-refractivity contribution in [3.63, 3.8) is 0 Å². The monoisotopic (exact) mass is 301 g/mol. The maximum absolute atomic E-state index is 6.30. The van der Waals surface area contributed by atoms with Crippen molar-refractivity contribution in [1.82, 2.24) is 20.1 Å². The van der Waals surface area contributed by atoms with Crippen LogP contribution in [-0.4, -0.2) is 46.5 Å². The Morgan fingerprint density at radius 1 is 1.55 bits per heavy atom. The first-order valence-electron chi connectivity index (χ1n) is 7.01. The van der Waals surface area contributed by atoms with Gasteiger partial charge in [0.15, 0.2) is 0 Å². The molecule has 1 aromatic heterocycles. The van der Waals surface area contributed by atoms with Gasteiger partial charge in [0.2, 0.25) is 0 Å². The van der Waals surface area contributed by atoms with Crippen molar-refractivity contribution in [2.75, 3.05) is 26.3 Å². The number of aryl methyl sites for hydroxylation is 1. The van der Waals surface area contributed by atoms with E-state index in [9.17, 15) is 0 Å². The summed E-state index contributed by atoms with van der Waals surface area (Å²) in [5.41, 5.74) is 3.73. The number of nitrogens with two attached hydrogens (primary N) is 1. The molecule has 0 aromatic carbocycles. The van der Waals surface area contributed by atoms with Crippen molar-refractivity contribution in [3.05, 3.63) is 16.9 Å². The first-order chi connectivity index (χ1) is 9.54. The maximum atomic E-state index is 6.30. The Kier molecular flexibility index (Phi) is 5.04. The first kappa shape index (κ1) is 15.7. The quantitative estimate of drug-likeness (QED) is 0.629. The molecule has 0 aliphatic carbocycles. The van der Waals surface area contributed by atoms with Crippen LogP contribution in [-0.2, 0) is 11.8 Å². The summed E-state index contributed by atoms with van der Waals surface area (Å²) in [6.07, 6.45) is 2.61. The molecule has 0 amide bonds. The van der Waals surface area contributed by atoms with Gasteiger partial charge in [0.25, 0.3) is 0 Å². The molecule has 0 saturated carbocycles. The smallest absolute Gasteiger partial charge is 0.0835 e. The third-order valence-corrected chi connectivity index (χ3v) is 4.74. The second-order valence-corrected chi connectivity index (χ2v) is 5.82. The number of hydrogen-bond donors (Lipinski definition) is 2. The third kappa shape index (κ3) is 2.71. The highest BCUT2D eigenvalue weighted by atomic mass is 35.5. The molecule has 1 saturated heterocycles. The van der Waals surface area contributed by atoms with Crippen LogP contribution in [0, 0.1) is 0 Å². The number of ether oxygens (including phenoxy) is 1. The van der Waals surface area contributed by atoms with Crippen molar-refractivity contribution in [1.29, 1.82) is 0 Å². The van der Waals surface area contributed by atoms with E-state index in [1.54, 1.807) is 10.9 Å². The van der Waals surface area contributed by atoms with Crippen LogP contribution in [0.2, 0.25) is 5.02 Å². The molecule has 0 radical (unpaired) electrons. The predicted molar refractivity (Wildman–Crippen MR) is 79.4 cm³/mol. The van der Waals surface area contributed by atoms with Crippen LogP contribution >= 0.6 is 11.6 Å². The fourth-order valence-corrected chi connectivity index (χ4v) is 3.26. The summed E-state index contributed by atoms with van der Waals surface area (Å²) >= 11 is 6.30. The highest BCUT2D eigenvalue weighted by Gasteiger charge is 2.41. The lowest BCUT2D eigenvalue weighted by Crippen LogP contribution is -2.59. The second-order valence-electron chi connectivity index (χ2n) is 5.41. The summed E-state index contributed by atoms with van der Waals surface area (Å²) in [6.45, 7) is 7.70.